The van der Waals surface area contributed by atoms with Gasteiger partial charge >= 0.3 is 17.9 Å². The van der Waals surface area contributed by atoms with Crippen LogP contribution in [-0.2, 0) is 28.6 Å². The molecule has 0 bridgehead atoms. The molecule has 0 aliphatic rings. The third kappa shape index (κ3) is 67.1. The number of allylic oxidation sites excluding steroid dienone is 16. The molecule has 0 amide bonds. The molecule has 1 unspecified atom stereocenters. The van der Waals surface area contributed by atoms with Crippen molar-refractivity contribution in [1.82, 2.24) is 0 Å². The number of esters is 3. The predicted octanol–water partition coefficient (Wildman–Crippen LogP) is 24.4. The molecule has 0 aliphatic heterocycles. The highest BCUT2D eigenvalue weighted by Gasteiger charge is 2.19. The Balaban J connectivity index is 4.42. The Hall–Kier alpha value is -3.67. The molecule has 0 radical (unpaired) electrons. The minimum absolute atomic E-state index is 0.0866. The molecular weight excluding hydrogens is 1010 g/mol. The first-order chi connectivity index (χ1) is 40.5. The second-order valence-corrected chi connectivity index (χ2v) is 23.4. The summed E-state index contributed by atoms with van der Waals surface area (Å²) in [5.74, 6) is -0.912. The van der Waals surface area contributed by atoms with Crippen molar-refractivity contribution in [3.05, 3.63) is 97.2 Å². The van der Waals surface area contributed by atoms with E-state index in [1.54, 1.807) is 0 Å². The van der Waals surface area contributed by atoms with Crippen molar-refractivity contribution in [1.29, 1.82) is 0 Å². The van der Waals surface area contributed by atoms with Gasteiger partial charge in [-0.05, 0) is 83.5 Å². The molecule has 0 saturated heterocycles. The van der Waals surface area contributed by atoms with Crippen LogP contribution in [0.4, 0.5) is 0 Å². The zero-order valence-corrected chi connectivity index (χ0v) is 54.2. The fraction of sp³-hybridized carbons (Fsp3) is 0.750. The smallest absolute Gasteiger partial charge is 0.306 e. The third-order valence-electron chi connectivity index (χ3n) is 15.4. The molecule has 0 rings (SSSR count). The van der Waals surface area contributed by atoms with Crippen LogP contribution in [0.15, 0.2) is 97.2 Å². The van der Waals surface area contributed by atoms with Gasteiger partial charge in [-0.15, -0.1) is 0 Å². The first kappa shape index (κ1) is 78.3. The van der Waals surface area contributed by atoms with Crippen LogP contribution in [0, 0.1) is 0 Å². The first-order valence-electron chi connectivity index (χ1n) is 35.2. The number of carbonyl (C=O) groups excluding carboxylic acids is 3. The van der Waals surface area contributed by atoms with Crippen molar-refractivity contribution in [3.63, 3.8) is 0 Å². The zero-order valence-electron chi connectivity index (χ0n) is 54.2. The fourth-order valence-corrected chi connectivity index (χ4v) is 10.1. The Morgan fingerprint density at radius 3 is 0.744 bits per heavy atom. The number of carbonyl (C=O) groups is 3. The molecule has 0 heterocycles. The van der Waals surface area contributed by atoms with Gasteiger partial charge in [0.1, 0.15) is 13.2 Å². The maximum absolute atomic E-state index is 13.0. The van der Waals surface area contributed by atoms with Crippen molar-refractivity contribution >= 4 is 17.9 Å². The molecule has 0 spiro atoms. The van der Waals surface area contributed by atoms with E-state index in [4.69, 9.17) is 14.2 Å². The average Bonchev–Trinajstić information content (AvgIpc) is 3.47. The summed E-state index contributed by atoms with van der Waals surface area (Å²) in [5, 5.41) is 0. The SMILES string of the molecule is CC/C=C\C/C=C\C/C=C\C/C=C\C/C=C\C/C=C\C/C=C\C/C=C\CCCCC(=O)OCC(COC(=O)CCCCCCCCCCCCCCCCCCCC)OC(=O)CCCCCCCCCCCCCCCCCCCCC. The van der Waals surface area contributed by atoms with Crippen LogP contribution >= 0.6 is 0 Å². The maximum Gasteiger partial charge on any atom is 0.306 e. The lowest BCUT2D eigenvalue weighted by molar-refractivity contribution is -0.167. The normalized spacial score (nSPS) is 12.7. The van der Waals surface area contributed by atoms with E-state index in [1.807, 2.05) is 0 Å². The van der Waals surface area contributed by atoms with Gasteiger partial charge in [0.2, 0.25) is 0 Å². The van der Waals surface area contributed by atoms with E-state index in [9.17, 15) is 14.4 Å². The van der Waals surface area contributed by atoms with Crippen molar-refractivity contribution in [2.24, 2.45) is 0 Å². The number of hydrogen-bond donors (Lipinski definition) is 0. The Kier molecular flexibility index (Phi) is 66.7. The standard InChI is InChI=1S/C76H132O6/c1-4-7-10-13-16-19-22-25-28-31-34-35-36-37-38-39-40-41-43-45-48-51-54-57-60-63-66-69-75(78)81-72-73(71-80-74(77)68-65-62-59-56-53-50-47-44-33-30-27-24-21-18-15-12-9-6-3)82-76(79)70-67-64-61-58-55-52-49-46-42-32-29-26-23-20-17-14-11-8-5-2/h7,10,16,19,25,28,34-35,37-38,40-41,45,48,54,57,73H,4-6,8-9,11-15,17-18,20-24,26-27,29-33,36,39,42-44,46-47,49-53,55-56,58-72H2,1-3H3/b10-7-,19-16-,28-25-,35-34-,38-37-,41-40-,48-45-,57-54-. The molecule has 0 saturated carbocycles. The van der Waals surface area contributed by atoms with Gasteiger partial charge in [0, 0.05) is 19.3 Å². The lowest BCUT2D eigenvalue weighted by Crippen LogP contribution is -2.30. The highest BCUT2D eigenvalue weighted by Crippen LogP contribution is 2.18. The van der Waals surface area contributed by atoms with Gasteiger partial charge in [-0.3, -0.25) is 14.4 Å². The van der Waals surface area contributed by atoms with Gasteiger partial charge < -0.3 is 14.2 Å². The molecule has 1 atom stereocenters. The molecule has 472 valence electrons. The van der Waals surface area contributed by atoms with Crippen LogP contribution < -0.4 is 0 Å². The number of ether oxygens (including phenoxy) is 3. The molecule has 0 aliphatic carbocycles. The molecule has 6 heteroatoms. The second kappa shape index (κ2) is 69.8. The lowest BCUT2D eigenvalue weighted by Gasteiger charge is -2.18. The van der Waals surface area contributed by atoms with Crippen LogP contribution in [0.5, 0.6) is 0 Å². The number of rotatable bonds is 64. The molecule has 0 aromatic heterocycles. The zero-order chi connectivity index (χ0) is 59.2. The van der Waals surface area contributed by atoms with Crippen LogP contribution in [0.25, 0.3) is 0 Å². The monoisotopic (exact) mass is 1140 g/mol. The summed E-state index contributed by atoms with van der Waals surface area (Å²) < 4.78 is 17.0. The van der Waals surface area contributed by atoms with E-state index >= 15 is 0 Å². The highest BCUT2D eigenvalue weighted by atomic mass is 16.6. The summed E-state index contributed by atoms with van der Waals surface area (Å²) in [6, 6.07) is 0. The molecule has 82 heavy (non-hydrogen) atoms. The molecule has 0 fully saturated rings. The van der Waals surface area contributed by atoms with Gasteiger partial charge in [-0.25, -0.2) is 0 Å². The van der Waals surface area contributed by atoms with Gasteiger partial charge in [0.05, 0.1) is 0 Å². The van der Waals surface area contributed by atoms with Crippen molar-refractivity contribution in [2.45, 2.75) is 354 Å². The topological polar surface area (TPSA) is 78.9 Å². The fourth-order valence-electron chi connectivity index (χ4n) is 10.1. The molecule has 0 N–H and O–H groups in total. The number of unbranched alkanes of at least 4 members (excludes halogenated alkanes) is 37. The van der Waals surface area contributed by atoms with Gasteiger partial charge in [-0.1, -0.05) is 343 Å². The Morgan fingerprint density at radius 1 is 0.256 bits per heavy atom. The van der Waals surface area contributed by atoms with Crippen molar-refractivity contribution in [2.75, 3.05) is 13.2 Å². The average molecular weight is 1140 g/mol. The van der Waals surface area contributed by atoms with E-state index in [-0.39, 0.29) is 31.1 Å². The first-order valence-corrected chi connectivity index (χ1v) is 35.2. The summed E-state index contributed by atoms with van der Waals surface area (Å²) in [5.41, 5.74) is 0. The van der Waals surface area contributed by atoms with Gasteiger partial charge in [0.15, 0.2) is 6.10 Å². The van der Waals surface area contributed by atoms with Crippen LogP contribution in [0.3, 0.4) is 0 Å². The summed E-state index contributed by atoms with van der Waals surface area (Å²) in [6.07, 6.45) is 94.3. The largest absolute Gasteiger partial charge is 0.462 e. The second-order valence-electron chi connectivity index (χ2n) is 23.4. The van der Waals surface area contributed by atoms with Crippen molar-refractivity contribution in [3.8, 4) is 0 Å². The van der Waals surface area contributed by atoms with Crippen LogP contribution in [0.1, 0.15) is 348 Å². The summed E-state index contributed by atoms with van der Waals surface area (Å²) in [4.78, 5) is 38.5. The van der Waals surface area contributed by atoms with Gasteiger partial charge in [0.25, 0.3) is 0 Å². The lowest BCUT2D eigenvalue weighted by atomic mass is 10.0. The Morgan fingerprint density at radius 2 is 0.476 bits per heavy atom. The van der Waals surface area contributed by atoms with E-state index in [0.717, 1.165) is 109 Å². The van der Waals surface area contributed by atoms with Crippen molar-refractivity contribution < 1.29 is 28.6 Å². The van der Waals surface area contributed by atoms with Gasteiger partial charge in [-0.2, -0.15) is 0 Å². The van der Waals surface area contributed by atoms with E-state index in [1.165, 1.54) is 199 Å². The minimum Gasteiger partial charge on any atom is -0.462 e. The number of hydrogen-bond acceptors (Lipinski definition) is 6. The van der Waals surface area contributed by atoms with Crippen LogP contribution in [-0.4, -0.2) is 37.2 Å². The Bertz CT molecular complexity index is 1590. The summed E-state index contributed by atoms with van der Waals surface area (Å²) >= 11 is 0. The van der Waals surface area contributed by atoms with Crippen LogP contribution in [0.2, 0.25) is 0 Å². The highest BCUT2D eigenvalue weighted by molar-refractivity contribution is 5.71. The summed E-state index contributed by atoms with van der Waals surface area (Å²) in [6.45, 7) is 6.55. The predicted molar refractivity (Wildman–Crippen MR) is 357 cm³/mol. The minimum atomic E-state index is -0.795. The van der Waals surface area contributed by atoms with E-state index < -0.39 is 6.10 Å². The molecule has 6 nitrogen and oxygen atoms in total. The molecule has 0 aromatic rings. The Labute approximate surface area is 508 Å². The maximum atomic E-state index is 13.0. The summed E-state index contributed by atoms with van der Waals surface area (Å²) in [7, 11) is 0. The molecular formula is C76H132O6. The van der Waals surface area contributed by atoms with E-state index in [2.05, 4.69) is 118 Å². The van der Waals surface area contributed by atoms with E-state index in [0.29, 0.717) is 19.3 Å². The third-order valence-corrected chi connectivity index (χ3v) is 15.4. The quantitative estimate of drug-likeness (QED) is 0.0261. The molecule has 0 aromatic carbocycles.